The number of hydrogen-bond acceptors (Lipinski definition) is 4. The maximum absolute atomic E-state index is 14.1. The molecule has 0 N–H and O–H groups in total. The number of ether oxygens (including phenoxy) is 1. The van der Waals surface area contributed by atoms with E-state index < -0.39 is 6.04 Å². The van der Waals surface area contributed by atoms with E-state index in [-0.39, 0.29) is 11.5 Å². The van der Waals surface area contributed by atoms with Crippen LogP contribution in [-0.2, 0) is 6.42 Å². The summed E-state index contributed by atoms with van der Waals surface area (Å²) in [5.41, 5.74) is 2.81. The molecule has 1 atom stereocenters. The number of hydrogen-bond donors (Lipinski definition) is 0. The van der Waals surface area contributed by atoms with E-state index in [1.165, 1.54) is 0 Å². The molecule has 0 aliphatic heterocycles. The molecular weight excluding hydrogens is 578 g/mol. The Bertz CT molecular complexity index is 1680. The number of halogens is 1. The summed E-state index contributed by atoms with van der Waals surface area (Å²) in [5.74, 6) is 1.14. The van der Waals surface area contributed by atoms with Gasteiger partial charge in [0.2, 0.25) is 0 Å². The van der Waals surface area contributed by atoms with Gasteiger partial charge in [0, 0.05) is 16.6 Å². The van der Waals surface area contributed by atoms with Crippen LogP contribution >= 0.6 is 15.9 Å². The average molecular weight is 611 g/mol. The maximum atomic E-state index is 14.1. The smallest absolute Gasteiger partial charge is 0.266 e. The SMILES string of the molecule is CCOc1ccc(-n2c(C(CC)N(CCc3ccccc3)C(=O)c3ccc(Br)cc3)nc3ccccc3c2=O)cc1. The first kappa shape index (κ1) is 28.3. The van der Waals surface area contributed by atoms with E-state index in [2.05, 4.69) is 28.1 Å². The molecule has 0 saturated carbocycles. The standard InChI is InChI=1S/C34H32BrN3O3/c1-3-31(37(23-22-24-10-6-5-7-11-24)33(39)25-14-16-26(35)17-15-25)32-36-30-13-9-8-12-29(30)34(40)38(32)27-18-20-28(21-19-27)41-4-2/h5-21,31H,3-4,22-23H2,1-2H3. The van der Waals surface area contributed by atoms with Crippen molar-refractivity contribution in [3.8, 4) is 11.4 Å². The van der Waals surface area contributed by atoms with E-state index in [0.717, 1.165) is 15.8 Å². The summed E-state index contributed by atoms with van der Waals surface area (Å²) in [5, 5.41) is 0.523. The molecule has 0 radical (unpaired) electrons. The summed E-state index contributed by atoms with van der Waals surface area (Å²) in [6.07, 6.45) is 1.24. The van der Waals surface area contributed by atoms with Crippen molar-refractivity contribution in [2.75, 3.05) is 13.2 Å². The molecule has 0 saturated heterocycles. The quantitative estimate of drug-likeness (QED) is 0.166. The van der Waals surface area contributed by atoms with E-state index in [1.54, 1.807) is 10.6 Å². The summed E-state index contributed by atoms with van der Waals surface area (Å²) in [6.45, 7) is 4.97. The highest BCUT2D eigenvalue weighted by Gasteiger charge is 2.29. The van der Waals surface area contributed by atoms with Crippen LogP contribution in [0.5, 0.6) is 5.75 Å². The van der Waals surface area contributed by atoms with Gasteiger partial charge in [0.15, 0.2) is 0 Å². The lowest BCUT2D eigenvalue weighted by Crippen LogP contribution is -2.39. The number of carbonyl (C=O) groups is 1. The molecule has 5 aromatic rings. The second-order valence-corrected chi connectivity index (χ2v) is 10.6. The number of aromatic nitrogens is 2. The van der Waals surface area contributed by atoms with Crippen LogP contribution in [-0.4, -0.2) is 33.5 Å². The Morgan fingerprint density at radius 3 is 2.27 bits per heavy atom. The number of para-hydroxylation sites is 1. The van der Waals surface area contributed by atoms with Gasteiger partial charge in [-0.25, -0.2) is 4.98 Å². The van der Waals surface area contributed by atoms with Crippen molar-refractivity contribution in [3.05, 3.63) is 135 Å². The molecule has 0 fully saturated rings. The zero-order chi connectivity index (χ0) is 28.8. The average Bonchev–Trinajstić information content (AvgIpc) is 3.00. The maximum Gasteiger partial charge on any atom is 0.266 e. The van der Waals surface area contributed by atoms with Gasteiger partial charge < -0.3 is 9.64 Å². The number of fused-ring (bicyclic) bond motifs is 1. The molecule has 0 bridgehead atoms. The molecule has 0 aliphatic carbocycles. The third kappa shape index (κ3) is 6.25. The summed E-state index contributed by atoms with van der Waals surface area (Å²) >= 11 is 3.47. The Morgan fingerprint density at radius 1 is 0.902 bits per heavy atom. The Morgan fingerprint density at radius 2 is 1.59 bits per heavy atom. The zero-order valence-corrected chi connectivity index (χ0v) is 24.8. The number of carbonyl (C=O) groups excluding carboxylic acids is 1. The van der Waals surface area contributed by atoms with E-state index in [0.29, 0.717) is 54.0 Å². The van der Waals surface area contributed by atoms with Crippen molar-refractivity contribution in [2.45, 2.75) is 32.7 Å². The minimum Gasteiger partial charge on any atom is -0.494 e. The molecule has 0 aliphatic rings. The van der Waals surface area contributed by atoms with Gasteiger partial charge in [-0.2, -0.15) is 0 Å². The van der Waals surface area contributed by atoms with Crippen molar-refractivity contribution in [1.29, 1.82) is 0 Å². The summed E-state index contributed by atoms with van der Waals surface area (Å²) in [7, 11) is 0. The fourth-order valence-electron chi connectivity index (χ4n) is 5.07. The number of rotatable bonds is 10. The third-order valence-corrected chi connectivity index (χ3v) is 7.63. The second kappa shape index (κ2) is 13.0. The van der Waals surface area contributed by atoms with Gasteiger partial charge in [0.1, 0.15) is 11.6 Å². The van der Waals surface area contributed by atoms with Gasteiger partial charge in [0.25, 0.3) is 11.5 Å². The third-order valence-electron chi connectivity index (χ3n) is 7.10. The monoisotopic (exact) mass is 609 g/mol. The molecule has 5 rings (SSSR count). The normalized spacial score (nSPS) is 11.8. The fourth-order valence-corrected chi connectivity index (χ4v) is 5.34. The molecule has 6 nitrogen and oxygen atoms in total. The van der Waals surface area contributed by atoms with Crippen molar-refractivity contribution in [1.82, 2.24) is 14.5 Å². The van der Waals surface area contributed by atoms with Crippen LogP contribution in [0.25, 0.3) is 16.6 Å². The molecule has 1 aromatic heterocycles. The summed E-state index contributed by atoms with van der Waals surface area (Å²) in [6, 6.07) is 31.8. The minimum atomic E-state index is -0.460. The Labute approximate surface area is 248 Å². The predicted octanol–water partition coefficient (Wildman–Crippen LogP) is 7.38. The van der Waals surface area contributed by atoms with Crippen LogP contribution in [0.2, 0.25) is 0 Å². The Hall–Kier alpha value is -4.23. The molecule has 0 spiro atoms. The molecule has 1 unspecified atom stereocenters. The van der Waals surface area contributed by atoms with Crippen LogP contribution in [0.15, 0.2) is 112 Å². The Kier molecular flexibility index (Phi) is 8.95. The van der Waals surface area contributed by atoms with Crippen molar-refractivity contribution < 1.29 is 9.53 Å². The molecular formula is C34H32BrN3O3. The first-order chi connectivity index (χ1) is 20.0. The van der Waals surface area contributed by atoms with Crippen LogP contribution in [0.1, 0.15) is 48.1 Å². The molecule has 1 heterocycles. The number of amides is 1. The highest BCUT2D eigenvalue weighted by molar-refractivity contribution is 9.10. The van der Waals surface area contributed by atoms with Crippen LogP contribution in [0.4, 0.5) is 0 Å². The lowest BCUT2D eigenvalue weighted by Gasteiger charge is -2.32. The van der Waals surface area contributed by atoms with E-state index in [9.17, 15) is 9.59 Å². The largest absolute Gasteiger partial charge is 0.494 e. The van der Waals surface area contributed by atoms with Gasteiger partial charge in [-0.05, 0) is 86.0 Å². The first-order valence-corrected chi connectivity index (χ1v) is 14.6. The molecule has 4 aromatic carbocycles. The van der Waals surface area contributed by atoms with Crippen molar-refractivity contribution in [2.24, 2.45) is 0 Å². The van der Waals surface area contributed by atoms with Gasteiger partial charge in [0.05, 0.1) is 29.2 Å². The van der Waals surface area contributed by atoms with Gasteiger partial charge in [-0.1, -0.05) is 65.3 Å². The van der Waals surface area contributed by atoms with Crippen molar-refractivity contribution >= 4 is 32.7 Å². The predicted molar refractivity (Wildman–Crippen MR) is 167 cm³/mol. The topological polar surface area (TPSA) is 64.4 Å². The van der Waals surface area contributed by atoms with Crippen molar-refractivity contribution in [3.63, 3.8) is 0 Å². The van der Waals surface area contributed by atoms with E-state index in [4.69, 9.17) is 9.72 Å². The van der Waals surface area contributed by atoms with Crippen LogP contribution < -0.4 is 10.3 Å². The summed E-state index contributed by atoms with van der Waals surface area (Å²) < 4.78 is 8.19. The lowest BCUT2D eigenvalue weighted by molar-refractivity contribution is 0.0662. The first-order valence-electron chi connectivity index (χ1n) is 13.9. The summed E-state index contributed by atoms with van der Waals surface area (Å²) in [4.78, 5) is 35.1. The molecule has 7 heteroatoms. The van der Waals surface area contributed by atoms with Gasteiger partial charge in [-0.3, -0.25) is 14.2 Å². The lowest BCUT2D eigenvalue weighted by atomic mass is 10.1. The van der Waals surface area contributed by atoms with Crippen LogP contribution in [0.3, 0.4) is 0 Å². The molecule has 1 amide bonds. The minimum absolute atomic E-state index is 0.110. The molecule has 41 heavy (non-hydrogen) atoms. The highest BCUT2D eigenvalue weighted by Crippen LogP contribution is 2.29. The van der Waals surface area contributed by atoms with Gasteiger partial charge >= 0.3 is 0 Å². The van der Waals surface area contributed by atoms with Gasteiger partial charge in [-0.15, -0.1) is 0 Å². The Balaban J connectivity index is 1.66. The second-order valence-electron chi connectivity index (χ2n) is 9.72. The molecule has 208 valence electrons. The fraction of sp³-hybridized carbons (Fsp3) is 0.206. The number of nitrogens with zero attached hydrogens (tertiary/aromatic N) is 3. The van der Waals surface area contributed by atoms with Crippen LogP contribution in [0, 0.1) is 0 Å². The van der Waals surface area contributed by atoms with E-state index >= 15 is 0 Å². The highest BCUT2D eigenvalue weighted by atomic mass is 79.9. The van der Waals surface area contributed by atoms with E-state index in [1.807, 2.05) is 104 Å². The zero-order valence-electron chi connectivity index (χ0n) is 23.2. The number of benzene rings is 4.